The minimum absolute atomic E-state index is 0.188. The van der Waals surface area contributed by atoms with Crippen molar-refractivity contribution in [3.63, 3.8) is 0 Å². The van der Waals surface area contributed by atoms with Gasteiger partial charge in [0.1, 0.15) is 11.3 Å². The van der Waals surface area contributed by atoms with Crippen molar-refractivity contribution in [3.8, 4) is 11.3 Å². The Labute approximate surface area is 170 Å². The fourth-order valence-corrected chi connectivity index (χ4v) is 3.79. The number of aromatic nitrogens is 3. The maximum atomic E-state index is 13.3. The van der Waals surface area contributed by atoms with Crippen LogP contribution in [0.25, 0.3) is 27.5 Å². The molecule has 0 fully saturated rings. The molecule has 0 aliphatic heterocycles. The molecule has 2 heterocycles. The van der Waals surface area contributed by atoms with Crippen LogP contribution in [-0.4, -0.2) is 14.2 Å². The number of benzene rings is 3. The molecule has 142 valence electrons. The third kappa shape index (κ3) is 3.09. The Morgan fingerprint density at radius 3 is 2.66 bits per heavy atom. The summed E-state index contributed by atoms with van der Waals surface area (Å²) in [6, 6.07) is 20.1. The summed E-state index contributed by atoms with van der Waals surface area (Å²) >= 11 is 6.12. The first kappa shape index (κ1) is 17.6. The molecule has 0 spiro atoms. The van der Waals surface area contributed by atoms with E-state index in [-0.39, 0.29) is 12.1 Å². The van der Waals surface area contributed by atoms with Gasteiger partial charge in [0, 0.05) is 23.0 Å². The lowest BCUT2D eigenvalue weighted by atomic mass is 10.0. The van der Waals surface area contributed by atoms with Gasteiger partial charge >= 0.3 is 0 Å². The zero-order valence-corrected chi connectivity index (χ0v) is 16.0. The van der Waals surface area contributed by atoms with Crippen molar-refractivity contribution in [2.75, 3.05) is 0 Å². The van der Waals surface area contributed by atoms with Crippen LogP contribution in [0.5, 0.6) is 0 Å². The van der Waals surface area contributed by atoms with Crippen LogP contribution in [0, 0.1) is 5.82 Å². The van der Waals surface area contributed by atoms with E-state index in [0.717, 1.165) is 22.0 Å². The second kappa shape index (κ2) is 6.87. The van der Waals surface area contributed by atoms with Crippen molar-refractivity contribution in [1.29, 1.82) is 0 Å². The Hall–Kier alpha value is -3.44. The number of hydrogen-bond donors (Lipinski definition) is 0. The monoisotopic (exact) mass is 403 g/mol. The fraction of sp³-hybridized carbons (Fsp3) is 0.0435. The molecule has 6 heteroatoms. The standard InChI is InChI=1S/C23H15ClFN3O/c24-20-12-17(25)9-8-16(20)14-27-10-11-28-22(23(27)29)13-21(26-28)19-7-3-5-15-4-1-2-6-18(15)19/h1-13H,14H2. The van der Waals surface area contributed by atoms with Crippen LogP contribution in [0.2, 0.25) is 5.02 Å². The van der Waals surface area contributed by atoms with Gasteiger partial charge in [0.2, 0.25) is 0 Å². The highest BCUT2D eigenvalue weighted by atomic mass is 35.5. The Morgan fingerprint density at radius 2 is 1.79 bits per heavy atom. The van der Waals surface area contributed by atoms with E-state index in [1.165, 1.54) is 12.1 Å². The van der Waals surface area contributed by atoms with Gasteiger partial charge in [-0.15, -0.1) is 0 Å². The number of hydrogen-bond acceptors (Lipinski definition) is 2. The average molecular weight is 404 g/mol. The van der Waals surface area contributed by atoms with E-state index in [1.54, 1.807) is 33.6 Å². The van der Waals surface area contributed by atoms with Crippen molar-refractivity contribution < 1.29 is 4.39 Å². The van der Waals surface area contributed by atoms with Crippen LogP contribution in [0.4, 0.5) is 4.39 Å². The lowest BCUT2D eigenvalue weighted by Gasteiger charge is -2.08. The second-order valence-corrected chi connectivity index (χ2v) is 7.26. The molecule has 0 aliphatic rings. The van der Waals surface area contributed by atoms with Crippen molar-refractivity contribution in [1.82, 2.24) is 14.2 Å². The maximum Gasteiger partial charge on any atom is 0.276 e. The number of rotatable bonds is 3. The fourth-order valence-electron chi connectivity index (χ4n) is 3.56. The number of fused-ring (bicyclic) bond motifs is 2. The quantitative estimate of drug-likeness (QED) is 0.417. The average Bonchev–Trinajstić information content (AvgIpc) is 3.16. The SMILES string of the molecule is O=c1c2cc(-c3cccc4ccccc34)nn2ccn1Cc1ccc(F)cc1Cl. The minimum atomic E-state index is -0.405. The van der Waals surface area contributed by atoms with Gasteiger partial charge in [-0.1, -0.05) is 60.1 Å². The highest BCUT2D eigenvalue weighted by Gasteiger charge is 2.12. The van der Waals surface area contributed by atoms with Crippen molar-refractivity contribution in [3.05, 3.63) is 106 Å². The largest absolute Gasteiger partial charge is 0.308 e. The molecule has 0 saturated heterocycles. The highest BCUT2D eigenvalue weighted by molar-refractivity contribution is 6.31. The van der Waals surface area contributed by atoms with Crippen molar-refractivity contribution in [2.45, 2.75) is 6.54 Å². The summed E-state index contributed by atoms with van der Waals surface area (Å²) in [6.45, 7) is 0.253. The molecule has 29 heavy (non-hydrogen) atoms. The molecule has 0 saturated carbocycles. The Bertz CT molecular complexity index is 1430. The summed E-state index contributed by atoms with van der Waals surface area (Å²) in [5.74, 6) is -0.405. The molecule has 4 nitrogen and oxygen atoms in total. The molecule has 0 N–H and O–H groups in total. The van der Waals surface area contributed by atoms with Crippen LogP contribution >= 0.6 is 11.6 Å². The van der Waals surface area contributed by atoms with Gasteiger partial charge in [-0.2, -0.15) is 5.10 Å². The smallest absolute Gasteiger partial charge is 0.276 e. The molecular weight excluding hydrogens is 389 g/mol. The summed E-state index contributed by atoms with van der Waals surface area (Å²) in [6.07, 6.45) is 3.40. The van der Waals surface area contributed by atoms with E-state index in [4.69, 9.17) is 11.6 Å². The van der Waals surface area contributed by atoms with Crippen LogP contribution in [0.3, 0.4) is 0 Å². The van der Waals surface area contributed by atoms with E-state index >= 15 is 0 Å². The third-order valence-corrected chi connectivity index (χ3v) is 5.38. The van der Waals surface area contributed by atoms with E-state index in [0.29, 0.717) is 16.1 Å². The molecule has 0 radical (unpaired) electrons. The first-order valence-electron chi connectivity index (χ1n) is 9.11. The maximum absolute atomic E-state index is 13.3. The van der Waals surface area contributed by atoms with E-state index in [1.807, 2.05) is 42.5 Å². The summed E-state index contributed by atoms with van der Waals surface area (Å²) in [4.78, 5) is 13.0. The van der Waals surface area contributed by atoms with E-state index in [2.05, 4.69) is 5.10 Å². The first-order chi connectivity index (χ1) is 14.1. The molecule has 0 unspecified atom stereocenters. The Balaban J connectivity index is 1.61. The van der Waals surface area contributed by atoms with Gasteiger partial charge < -0.3 is 4.57 Å². The predicted octanol–water partition coefficient (Wildman–Crippen LogP) is 5.16. The molecule has 0 aliphatic carbocycles. The van der Waals surface area contributed by atoms with Crippen LogP contribution in [0.15, 0.2) is 83.9 Å². The van der Waals surface area contributed by atoms with Gasteiger partial charge in [0.15, 0.2) is 0 Å². The molecule has 0 atom stereocenters. The molecule has 5 rings (SSSR count). The summed E-state index contributed by atoms with van der Waals surface area (Å²) in [5, 5.41) is 7.09. The molecule has 5 aromatic rings. The first-order valence-corrected chi connectivity index (χ1v) is 9.49. The van der Waals surface area contributed by atoms with Gasteiger partial charge in [-0.3, -0.25) is 4.79 Å². The second-order valence-electron chi connectivity index (χ2n) is 6.85. The van der Waals surface area contributed by atoms with Crippen molar-refractivity contribution in [2.24, 2.45) is 0 Å². The minimum Gasteiger partial charge on any atom is -0.308 e. The molecule has 2 aromatic heterocycles. The number of halogens is 2. The molecular formula is C23H15ClFN3O. The molecule has 0 bridgehead atoms. The highest BCUT2D eigenvalue weighted by Crippen LogP contribution is 2.28. The van der Waals surface area contributed by atoms with Crippen LogP contribution in [0.1, 0.15) is 5.56 Å². The molecule has 3 aromatic carbocycles. The van der Waals surface area contributed by atoms with Gasteiger partial charge in [0.25, 0.3) is 5.56 Å². The normalized spacial score (nSPS) is 11.4. The predicted molar refractivity (Wildman–Crippen MR) is 113 cm³/mol. The zero-order chi connectivity index (χ0) is 20.0. The van der Waals surface area contributed by atoms with E-state index < -0.39 is 5.82 Å². The Morgan fingerprint density at radius 1 is 0.966 bits per heavy atom. The summed E-state index contributed by atoms with van der Waals surface area (Å²) < 4.78 is 16.4. The van der Waals surface area contributed by atoms with Crippen LogP contribution < -0.4 is 5.56 Å². The topological polar surface area (TPSA) is 39.3 Å². The zero-order valence-electron chi connectivity index (χ0n) is 15.2. The Kier molecular flexibility index (Phi) is 4.18. The van der Waals surface area contributed by atoms with Crippen molar-refractivity contribution >= 4 is 27.9 Å². The van der Waals surface area contributed by atoms with Crippen LogP contribution in [-0.2, 0) is 6.54 Å². The van der Waals surface area contributed by atoms with Gasteiger partial charge in [-0.25, -0.2) is 8.91 Å². The van der Waals surface area contributed by atoms with E-state index in [9.17, 15) is 9.18 Å². The van der Waals surface area contributed by atoms with Gasteiger partial charge in [0.05, 0.1) is 12.2 Å². The van der Waals surface area contributed by atoms with Gasteiger partial charge in [-0.05, 0) is 34.5 Å². The third-order valence-electron chi connectivity index (χ3n) is 5.02. The molecule has 0 amide bonds. The summed E-state index contributed by atoms with van der Waals surface area (Å²) in [5.41, 5.74) is 2.66. The number of nitrogens with zero attached hydrogens (tertiary/aromatic N) is 3. The summed E-state index contributed by atoms with van der Waals surface area (Å²) in [7, 11) is 0. The lowest BCUT2D eigenvalue weighted by Crippen LogP contribution is -2.21. The lowest BCUT2D eigenvalue weighted by molar-refractivity contribution is 0.626.